The Hall–Kier alpha value is -1.29. The predicted octanol–water partition coefficient (Wildman–Crippen LogP) is 1.27. The van der Waals surface area contributed by atoms with Gasteiger partial charge in [0, 0.05) is 6.20 Å². The molecule has 0 fully saturated rings. The van der Waals surface area contributed by atoms with E-state index in [0.717, 1.165) is 5.69 Å². The van der Waals surface area contributed by atoms with Gasteiger partial charge in [-0.1, -0.05) is 11.6 Å². The second kappa shape index (κ2) is 2.35. The summed E-state index contributed by atoms with van der Waals surface area (Å²) in [6, 6.07) is 0. The van der Waals surface area contributed by atoms with Gasteiger partial charge in [0.1, 0.15) is 5.82 Å². The van der Waals surface area contributed by atoms with E-state index < -0.39 is 0 Å². The maximum Gasteiger partial charge on any atom is 0.177 e. The van der Waals surface area contributed by atoms with Gasteiger partial charge >= 0.3 is 0 Å². The summed E-state index contributed by atoms with van der Waals surface area (Å²) in [6.45, 7) is 1.86. The van der Waals surface area contributed by atoms with Crippen molar-refractivity contribution in [2.75, 3.05) is 5.73 Å². The summed E-state index contributed by atoms with van der Waals surface area (Å²) in [5, 5.41) is 0.381. The largest absolute Gasteiger partial charge is 0.382 e. The maximum atomic E-state index is 5.83. The minimum Gasteiger partial charge on any atom is -0.382 e. The Morgan fingerprint density at radius 2 is 2.17 bits per heavy atom. The lowest BCUT2D eigenvalue weighted by molar-refractivity contribution is 1.07. The molecule has 0 aliphatic heterocycles. The lowest BCUT2D eigenvalue weighted by atomic mass is 10.5. The number of anilines is 1. The number of hydrogen-bond acceptors (Lipinski definition) is 3. The van der Waals surface area contributed by atoms with Gasteiger partial charge in [-0.15, -0.1) is 0 Å². The van der Waals surface area contributed by atoms with Crippen LogP contribution in [0.1, 0.15) is 5.69 Å². The van der Waals surface area contributed by atoms with Crippen molar-refractivity contribution >= 4 is 23.1 Å². The van der Waals surface area contributed by atoms with Crippen LogP contribution in [0.15, 0.2) is 12.4 Å². The van der Waals surface area contributed by atoms with Crippen LogP contribution in [0.2, 0.25) is 5.15 Å². The van der Waals surface area contributed by atoms with Gasteiger partial charge in [0.05, 0.1) is 11.9 Å². The molecule has 0 saturated heterocycles. The number of nitrogen functional groups attached to an aromatic ring is 1. The summed E-state index contributed by atoms with van der Waals surface area (Å²) in [7, 11) is 0. The molecule has 0 unspecified atom stereocenters. The van der Waals surface area contributed by atoms with Crippen LogP contribution in [-0.4, -0.2) is 14.4 Å². The van der Waals surface area contributed by atoms with Crippen LogP contribution in [0.3, 0.4) is 0 Å². The second-order valence-electron chi connectivity index (χ2n) is 2.57. The molecule has 4 nitrogen and oxygen atoms in total. The lowest BCUT2D eigenvalue weighted by Gasteiger charge is -1.96. The predicted molar refractivity (Wildman–Crippen MR) is 47.1 cm³/mol. The van der Waals surface area contributed by atoms with Gasteiger partial charge in [-0.2, -0.15) is 0 Å². The van der Waals surface area contributed by atoms with Gasteiger partial charge in [-0.05, 0) is 6.92 Å². The van der Waals surface area contributed by atoms with Crippen molar-refractivity contribution in [2.45, 2.75) is 6.92 Å². The zero-order chi connectivity index (χ0) is 8.72. The van der Waals surface area contributed by atoms with Crippen LogP contribution in [-0.2, 0) is 0 Å². The molecule has 2 heterocycles. The van der Waals surface area contributed by atoms with E-state index in [2.05, 4.69) is 9.97 Å². The first kappa shape index (κ1) is 7.36. The third-order valence-corrected chi connectivity index (χ3v) is 1.79. The van der Waals surface area contributed by atoms with Crippen molar-refractivity contribution in [3.63, 3.8) is 0 Å². The molecule has 0 aliphatic carbocycles. The Morgan fingerprint density at radius 3 is 2.92 bits per heavy atom. The van der Waals surface area contributed by atoms with E-state index >= 15 is 0 Å². The third-order valence-electron chi connectivity index (χ3n) is 1.54. The molecular weight excluding hydrogens is 176 g/mol. The van der Waals surface area contributed by atoms with Crippen LogP contribution in [0.25, 0.3) is 5.65 Å². The first-order chi connectivity index (χ1) is 5.66. The van der Waals surface area contributed by atoms with Crippen molar-refractivity contribution in [1.29, 1.82) is 0 Å². The van der Waals surface area contributed by atoms with Crippen molar-refractivity contribution in [3.8, 4) is 0 Å². The van der Waals surface area contributed by atoms with Crippen LogP contribution in [0.4, 0.5) is 5.82 Å². The minimum absolute atomic E-state index is 0.381. The molecule has 0 atom stereocenters. The van der Waals surface area contributed by atoms with Gasteiger partial charge in [-0.3, -0.25) is 0 Å². The van der Waals surface area contributed by atoms with Crippen LogP contribution in [0, 0.1) is 6.92 Å². The third kappa shape index (κ3) is 1.00. The fourth-order valence-corrected chi connectivity index (χ4v) is 1.37. The number of nitrogens with two attached hydrogens (primary N) is 1. The summed E-state index contributed by atoms with van der Waals surface area (Å²) in [5.74, 6) is 0.448. The SMILES string of the molecule is Cc1cn2cc(N)nc2c(Cl)n1. The van der Waals surface area contributed by atoms with Crippen molar-refractivity contribution in [2.24, 2.45) is 0 Å². The summed E-state index contributed by atoms with van der Waals surface area (Å²) >= 11 is 5.83. The van der Waals surface area contributed by atoms with E-state index in [4.69, 9.17) is 17.3 Å². The Morgan fingerprint density at radius 1 is 1.42 bits per heavy atom. The van der Waals surface area contributed by atoms with Gasteiger partial charge < -0.3 is 10.1 Å². The Labute approximate surface area is 74.0 Å². The van der Waals surface area contributed by atoms with E-state index in [0.29, 0.717) is 16.6 Å². The first-order valence-corrected chi connectivity index (χ1v) is 3.82. The molecule has 5 heteroatoms. The fourth-order valence-electron chi connectivity index (χ4n) is 1.10. The molecular formula is C7H7ClN4. The van der Waals surface area contributed by atoms with Crippen molar-refractivity contribution in [1.82, 2.24) is 14.4 Å². The zero-order valence-corrected chi connectivity index (χ0v) is 7.21. The molecule has 2 N–H and O–H groups in total. The van der Waals surface area contributed by atoms with E-state index in [9.17, 15) is 0 Å². The highest BCUT2D eigenvalue weighted by Crippen LogP contribution is 2.15. The van der Waals surface area contributed by atoms with Crippen LogP contribution < -0.4 is 5.73 Å². The number of rotatable bonds is 0. The molecule has 2 rings (SSSR count). The molecule has 0 aromatic carbocycles. The molecule has 0 spiro atoms. The highest BCUT2D eigenvalue weighted by atomic mass is 35.5. The first-order valence-electron chi connectivity index (χ1n) is 3.44. The molecule has 0 radical (unpaired) electrons. The zero-order valence-electron chi connectivity index (χ0n) is 6.45. The molecule has 0 aliphatic rings. The molecule has 2 aromatic rings. The fraction of sp³-hybridized carbons (Fsp3) is 0.143. The summed E-state index contributed by atoms with van der Waals surface area (Å²) < 4.78 is 1.76. The van der Waals surface area contributed by atoms with E-state index in [1.807, 2.05) is 13.1 Å². The van der Waals surface area contributed by atoms with E-state index in [1.165, 1.54) is 0 Å². The summed E-state index contributed by atoms with van der Waals surface area (Å²) in [6.07, 6.45) is 3.53. The molecule has 12 heavy (non-hydrogen) atoms. The molecule has 0 amide bonds. The average Bonchev–Trinajstić information content (AvgIpc) is 2.29. The summed E-state index contributed by atoms with van der Waals surface area (Å²) in [5.41, 5.74) is 6.93. The standard InChI is InChI=1S/C7H7ClN4/c1-4-2-12-3-5(9)11-7(12)6(8)10-4/h2-3H,9H2,1H3. The highest BCUT2D eigenvalue weighted by Gasteiger charge is 2.04. The number of halogens is 1. The van der Waals surface area contributed by atoms with Crippen LogP contribution >= 0.6 is 11.6 Å². The Balaban J connectivity index is 2.88. The Kier molecular flexibility index (Phi) is 1.44. The number of imidazole rings is 1. The van der Waals surface area contributed by atoms with E-state index in [1.54, 1.807) is 10.6 Å². The number of aromatic nitrogens is 3. The van der Waals surface area contributed by atoms with Crippen molar-refractivity contribution < 1.29 is 0 Å². The molecule has 0 bridgehead atoms. The smallest absolute Gasteiger partial charge is 0.177 e. The number of fused-ring (bicyclic) bond motifs is 1. The van der Waals surface area contributed by atoms with Crippen LogP contribution in [0.5, 0.6) is 0 Å². The molecule has 0 saturated carbocycles. The van der Waals surface area contributed by atoms with Crippen molar-refractivity contribution in [3.05, 3.63) is 23.2 Å². The lowest BCUT2D eigenvalue weighted by Crippen LogP contribution is -1.90. The number of hydrogen-bond donors (Lipinski definition) is 1. The van der Waals surface area contributed by atoms with Gasteiger partial charge in [0.25, 0.3) is 0 Å². The molecule has 2 aromatic heterocycles. The minimum atomic E-state index is 0.381. The monoisotopic (exact) mass is 182 g/mol. The highest BCUT2D eigenvalue weighted by molar-refractivity contribution is 6.32. The number of nitrogens with zero attached hydrogens (tertiary/aromatic N) is 3. The topological polar surface area (TPSA) is 56.2 Å². The normalized spacial score (nSPS) is 10.8. The van der Waals surface area contributed by atoms with Gasteiger partial charge in [0.15, 0.2) is 10.8 Å². The quantitative estimate of drug-likeness (QED) is 0.668. The summed E-state index contributed by atoms with van der Waals surface area (Å²) in [4.78, 5) is 8.04. The average molecular weight is 183 g/mol. The molecule has 62 valence electrons. The Bertz CT molecular complexity index is 434. The van der Waals surface area contributed by atoms with E-state index in [-0.39, 0.29) is 0 Å². The maximum absolute atomic E-state index is 5.83. The second-order valence-corrected chi connectivity index (χ2v) is 2.93. The van der Waals surface area contributed by atoms with Gasteiger partial charge in [0.2, 0.25) is 0 Å². The number of aryl methyl sites for hydroxylation is 1. The van der Waals surface area contributed by atoms with Gasteiger partial charge in [-0.25, -0.2) is 9.97 Å².